The molecule has 7 nitrogen and oxygen atoms in total. The number of anilines is 3. The van der Waals surface area contributed by atoms with Crippen molar-refractivity contribution < 1.29 is 23.5 Å². The molecule has 0 aliphatic carbocycles. The van der Waals surface area contributed by atoms with E-state index in [-0.39, 0.29) is 11.3 Å². The van der Waals surface area contributed by atoms with Crippen LogP contribution in [0, 0.1) is 5.82 Å². The van der Waals surface area contributed by atoms with E-state index in [2.05, 4.69) is 5.32 Å². The van der Waals surface area contributed by atoms with Gasteiger partial charge in [0.25, 0.3) is 11.8 Å². The third-order valence-corrected chi connectivity index (χ3v) is 5.46. The summed E-state index contributed by atoms with van der Waals surface area (Å²) in [6.45, 7) is 0. The predicted octanol–water partition coefficient (Wildman–Crippen LogP) is 4.31. The first-order chi connectivity index (χ1) is 16.3. The maximum Gasteiger partial charge on any atom is 0.282 e. The van der Waals surface area contributed by atoms with E-state index in [0.29, 0.717) is 28.4 Å². The number of hydrogen-bond acceptors (Lipinski definition) is 6. The third-order valence-electron chi connectivity index (χ3n) is 5.46. The third kappa shape index (κ3) is 4.30. The average Bonchev–Trinajstić information content (AvgIpc) is 3.08. The van der Waals surface area contributed by atoms with Crippen LogP contribution in [0.3, 0.4) is 0 Å². The minimum Gasteiger partial charge on any atom is -0.497 e. The molecule has 0 unspecified atom stereocenters. The zero-order valence-electron chi connectivity index (χ0n) is 19.3. The first-order valence-corrected chi connectivity index (χ1v) is 10.5. The summed E-state index contributed by atoms with van der Waals surface area (Å²) in [6.07, 6.45) is 0. The van der Waals surface area contributed by atoms with E-state index < -0.39 is 17.6 Å². The van der Waals surface area contributed by atoms with Gasteiger partial charge in [-0.2, -0.15) is 0 Å². The first kappa shape index (κ1) is 22.8. The highest BCUT2D eigenvalue weighted by Gasteiger charge is 2.40. The Balaban J connectivity index is 1.80. The van der Waals surface area contributed by atoms with Crippen molar-refractivity contribution in [2.45, 2.75) is 0 Å². The normalized spacial score (nSPS) is 13.4. The lowest BCUT2D eigenvalue weighted by molar-refractivity contribution is -0.120. The molecule has 3 aromatic rings. The van der Waals surface area contributed by atoms with E-state index >= 15 is 0 Å². The highest BCUT2D eigenvalue weighted by molar-refractivity contribution is 6.46. The molecule has 0 spiro atoms. The predicted molar refractivity (Wildman–Crippen MR) is 130 cm³/mol. The number of benzene rings is 3. The van der Waals surface area contributed by atoms with Crippen LogP contribution in [-0.4, -0.2) is 40.1 Å². The molecule has 0 fully saturated rings. The lowest BCUT2D eigenvalue weighted by Crippen LogP contribution is -2.32. The minimum atomic E-state index is -0.545. The Labute approximate surface area is 197 Å². The number of halogens is 1. The second kappa shape index (κ2) is 9.27. The fourth-order valence-corrected chi connectivity index (χ4v) is 3.67. The van der Waals surface area contributed by atoms with Crippen molar-refractivity contribution in [3.8, 4) is 11.5 Å². The molecule has 1 aliphatic heterocycles. The van der Waals surface area contributed by atoms with Crippen LogP contribution in [0.2, 0.25) is 0 Å². The Morgan fingerprint density at radius 2 is 1.41 bits per heavy atom. The van der Waals surface area contributed by atoms with E-state index in [1.165, 1.54) is 38.5 Å². The van der Waals surface area contributed by atoms with Crippen LogP contribution in [0.15, 0.2) is 72.4 Å². The van der Waals surface area contributed by atoms with Crippen LogP contribution >= 0.6 is 0 Å². The second-order valence-electron chi connectivity index (χ2n) is 7.84. The van der Waals surface area contributed by atoms with Gasteiger partial charge in [-0.3, -0.25) is 9.59 Å². The summed E-state index contributed by atoms with van der Waals surface area (Å²) in [5, 5.41) is 3.10. The summed E-state index contributed by atoms with van der Waals surface area (Å²) < 4.78 is 24.2. The van der Waals surface area contributed by atoms with Gasteiger partial charge in [0.05, 0.1) is 25.5 Å². The number of carbonyl (C=O) groups is 2. The van der Waals surface area contributed by atoms with Gasteiger partial charge in [-0.05, 0) is 42.0 Å². The molecule has 1 N–H and O–H groups in total. The molecule has 0 saturated carbocycles. The zero-order chi connectivity index (χ0) is 24.4. The number of carbonyl (C=O) groups excluding carboxylic acids is 2. The number of nitrogens with one attached hydrogen (secondary N) is 1. The highest BCUT2D eigenvalue weighted by atomic mass is 19.1. The maximum absolute atomic E-state index is 13.6. The van der Waals surface area contributed by atoms with Crippen LogP contribution in [0.25, 0.3) is 5.57 Å². The number of ether oxygens (including phenoxy) is 2. The van der Waals surface area contributed by atoms with Gasteiger partial charge < -0.3 is 19.7 Å². The number of hydrogen-bond donors (Lipinski definition) is 1. The molecule has 0 atom stereocenters. The SMILES string of the molecule is COc1cc(OC)cc(N2C(=O)C(Nc3ccc(N(C)C)cc3)=C(c3ccc(F)cc3)C2=O)c1. The molecule has 3 aromatic carbocycles. The van der Waals surface area contributed by atoms with Gasteiger partial charge in [-0.1, -0.05) is 12.1 Å². The molecular weight excluding hydrogens is 437 g/mol. The molecule has 1 aliphatic rings. The van der Waals surface area contributed by atoms with Crippen molar-refractivity contribution in [2.75, 3.05) is 43.4 Å². The summed E-state index contributed by atoms with van der Waals surface area (Å²) in [6, 6.07) is 17.7. The fraction of sp³-hybridized carbons (Fsp3) is 0.154. The van der Waals surface area contributed by atoms with Crippen LogP contribution in [0.1, 0.15) is 5.56 Å². The van der Waals surface area contributed by atoms with E-state index in [1.54, 1.807) is 18.2 Å². The standard InChI is InChI=1S/C26H24FN3O4/c1-29(2)19-11-9-18(10-12-19)28-24-23(16-5-7-17(27)8-6-16)25(31)30(26(24)32)20-13-21(33-3)15-22(14-20)34-4/h5-15,28H,1-4H3. The lowest BCUT2D eigenvalue weighted by Gasteiger charge is -2.17. The lowest BCUT2D eigenvalue weighted by atomic mass is 10.0. The highest BCUT2D eigenvalue weighted by Crippen LogP contribution is 2.37. The summed E-state index contributed by atoms with van der Waals surface area (Å²) >= 11 is 0. The smallest absolute Gasteiger partial charge is 0.282 e. The molecule has 34 heavy (non-hydrogen) atoms. The minimum absolute atomic E-state index is 0.0935. The van der Waals surface area contributed by atoms with Gasteiger partial charge in [0.2, 0.25) is 0 Å². The Hall–Kier alpha value is -4.33. The number of rotatable bonds is 7. The zero-order valence-corrected chi connectivity index (χ0v) is 19.3. The van der Waals surface area contributed by atoms with Crippen LogP contribution < -0.4 is 24.6 Å². The van der Waals surface area contributed by atoms with Gasteiger partial charge in [0, 0.05) is 43.7 Å². The maximum atomic E-state index is 13.6. The van der Waals surface area contributed by atoms with Gasteiger partial charge in [0.15, 0.2) is 0 Å². The molecule has 2 amide bonds. The van der Waals surface area contributed by atoms with Crippen LogP contribution in [0.4, 0.5) is 21.5 Å². The van der Waals surface area contributed by atoms with Gasteiger partial charge in [-0.15, -0.1) is 0 Å². The Morgan fingerprint density at radius 3 is 1.94 bits per heavy atom. The number of amides is 2. The van der Waals surface area contributed by atoms with Gasteiger partial charge in [0.1, 0.15) is 23.0 Å². The number of methoxy groups -OCH3 is 2. The van der Waals surface area contributed by atoms with E-state index in [9.17, 15) is 14.0 Å². The molecule has 0 aromatic heterocycles. The average molecular weight is 461 g/mol. The summed E-state index contributed by atoms with van der Waals surface area (Å²) in [7, 11) is 6.82. The quantitative estimate of drug-likeness (QED) is 0.529. The molecule has 8 heteroatoms. The summed E-state index contributed by atoms with van der Waals surface area (Å²) in [5.41, 5.74) is 2.57. The molecule has 174 valence electrons. The number of nitrogens with zero attached hydrogens (tertiary/aromatic N) is 2. The topological polar surface area (TPSA) is 71.1 Å². The van der Waals surface area contributed by atoms with Crippen molar-refractivity contribution in [1.82, 2.24) is 0 Å². The van der Waals surface area contributed by atoms with E-state index in [4.69, 9.17) is 9.47 Å². The molecule has 4 rings (SSSR count). The molecular formula is C26H24FN3O4. The Kier molecular flexibility index (Phi) is 6.23. The molecule has 1 heterocycles. The first-order valence-electron chi connectivity index (χ1n) is 10.5. The fourth-order valence-electron chi connectivity index (χ4n) is 3.67. The van der Waals surface area contributed by atoms with Crippen molar-refractivity contribution in [3.63, 3.8) is 0 Å². The van der Waals surface area contributed by atoms with Gasteiger partial charge in [-0.25, -0.2) is 9.29 Å². The molecule has 0 radical (unpaired) electrons. The largest absolute Gasteiger partial charge is 0.497 e. The Morgan fingerprint density at radius 1 is 0.824 bits per heavy atom. The summed E-state index contributed by atoms with van der Waals surface area (Å²) in [5.74, 6) is -0.669. The van der Waals surface area contributed by atoms with Crippen molar-refractivity contribution >= 4 is 34.4 Å². The van der Waals surface area contributed by atoms with Crippen molar-refractivity contribution in [2.24, 2.45) is 0 Å². The molecule has 0 saturated heterocycles. The van der Waals surface area contributed by atoms with Crippen LogP contribution in [0.5, 0.6) is 11.5 Å². The van der Waals surface area contributed by atoms with Crippen molar-refractivity contribution in [1.29, 1.82) is 0 Å². The monoisotopic (exact) mass is 461 g/mol. The molecule has 0 bridgehead atoms. The van der Waals surface area contributed by atoms with E-state index in [0.717, 1.165) is 10.6 Å². The van der Waals surface area contributed by atoms with E-state index in [1.807, 2.05) is 43.3 Å². The second-order valence-corrected chi connectivity index (χ2v) is 7.84. The van der Waals surface area contributed by atoms with Crippen molar-refractivity contribution in [3.05, 3.63) is 83.8 Å². The van der Waals surface area contributed by atoms with Crippen LogP contribution in [-0.2, 0) is 9.59 Å². The van der Waals surface area contributed by atoms with Gasteiger partial charge >= 0.3 is 0 Å². The number of imide groups is 1. The Bertz CT molecular complexity index is 1250. The summed E-state index contributed by atoms with van der Waals surface area (Å²) in [4.78, 5) is 30.1.